The van der Waals surface area contributed by atoms with Crippen LogP contribution in [0.25, 0.3) is 0 Å². The van der Waals surface area contributed by atoms with Crippen molar-refractivity contribution in [2.24, 2.45) is 5.92 Å². The number of hydrogen-bond donors (Lipinski definition) is 1. The number of benzene rings is 2. The summed E-state index contributed by atoms with van der Waals surface area (Å²) in [5, 5.41) is 3.58. The standard InChI is InChI=1S/C21H27NO/c1-16-14-19(12-13-21(16)23-2)18-10-8-17(9-11-18)15-22-20-6-4-3-5-7-20/h3-7,12-14,17-18,22H,8-11,15H2,1-2H3/t17-,18-. The molecule has 0 heterocycles. The van der Waals surface area contributed by atoms with Crippen molar-refractivity contribution in [2.45, 2.75) is 38.5 Å². The van der Waals surface area contributed by atoms with E-state index in [4.69, 9.17) is 4.74 Å². The molecule has 0 amide bonds. The molecule has 23 heavy (non-hydrogen) atoms. The Morgan fingerprint density at radius 1 is 1.00 bits per heavy atom. The molecule has 3 rings (SSSR count). The zero-order valence-corrected chi connectivity index (χ0v) is 14.2. The molecular formula is C21H27NO. The van der Waals surface area contributed by atoms with Crippen LogP contribution in [0, 0.1) is 12.8 Å². The van der Waals surface area contributed by atoms with E-state index in [0.29, 0.717) is 5.92 Å². The topological polar surface area (TPSA) is 21.3 Å². The van der Waals surface area contributed by atoms with Crippen LogP contribution in [0.15, 0.2) is 48.5 Å². The molecule has 2 aromatic carbocycles. The third-order valence-electron chi connectivity index (χ3n) is 5.11. The van der Waals surface area contributed by atoms with Gasteiger partial charge in [-0.2, -0.15) is 0 Å². The van der Waals surface area contributed by atoms with Crippen LogP contribution in [0.3, 0.4) is 0 Å². The number of methoxy groups -OCH3 is 1. The second-order valence-corrected chi connectivity index (χ2v) is 6.69. The van der Waals surface area contributed by atoms with Gasteiger partial charge in [0.2, 0.25) is 0 Å². The molecule has 0 spiro atoms. The van der Waals surface area contributed by atoms with Gasteiger partial charge in [-0.05, 0) is 73.8 Å². The van der Waals surface area contributed by atoms with E-state index in [-0.39, 0.29) is 0 Å². The summed E-state index contributed by atoms with van der Waals surface area (Å²) >= 11 is 0. The summed E-state index contributed by atoms with van der Waals surface area (Å²) in [4.78, 5) is 0. The summed E-state index contributed by atoms with van der Waals surface area (Å²) in [7, 11) is 1.74. The van der Waals surface area contributed by atoms with Gasteiger partial charge in [0.15, 0.2) is 0 Å². The van der Waals surface area contributed by atoms with E-state index >= 15 is 0 Å². The maximum absolute atomic E-state index is 5.37. The van der Waals surface area contributed by atoms with E-state index in [9.17, 15) is 0 Å². The molecule has 2 nitrogen and oxygen atoms in total. The van der Waals surface area contributed by atoms with Crippen molar-refractivity contribution in [1.29, 1.82) is 0 Å². The normalized spacial score (nSPS) is 21.0. The third kappa shape index (κ3) is 4.07. The summed E-state index contributed by atoms with van der Waals surface area (Å²) in [5.74, 6) is 2.51. The number of nitrogens with one attached hydrogen (secondary N) is 1. The van der Waals surface area contributed by atoms with Crippen LogP contribution in [0.1, 0.15) is 42.7 Å². The highest BCUT2D eigenvalue weighted by molar-refractivity contribution is 5.42. The molecule has 0 saturated heterocycles. The highest BCUT2D eigenvalue weighted by Crippen LogP contribution is 2.37. The van der Waals surface area contributed by atoms with E-state index in [2.05, 4.69) is 60.8 Å². The van der Waals surface area contributed by atoms with E-state index in [1.54, 1.807) is 7.11 Å². The molecular weight excluding hydrogens is 282 g/mol. The maximum Gasteiger partial charge on any atom is 0.121 e. The summed E-state index contributed by atoms with van der Waals surface area (Å²) in [6, 6.07) is 17.2. The Bertz CT molecular complexity index is 615. The largest absolute Gasteiger partial charge is 0.496 e. The number of ether oxygens (including phenoxy) is 1. The third-order valence-corrected chi connectivity index (χ3v) is 5.11. The zero-order valence-electron chi connectivity index (χ0n) is 14.2. The molecule has 1 N–H and O–H groups in total. The fourth-order valence-corrected chi connectivity index (χ4v) is 3.67. The highest BCUT2D eigenvalue weighted by Gasteiger charge is 2.22. The molecule has 0 aliphatic heterocycles. The summed E-state index contributed by atoms with van der Waals surface area (Å²) in [5.41, 5.74) is 3.97. The SMILES string of the molecule is COc1ccc([C@H]2CC[C@H](CNc3ccccc3)CC2)cc1C. The molecule has 122 valence electrons. The Labute approximate surface area is 139 Å². The second kappa shape index (κ2) is 7.54. The van der Waals surface area contributed by atoms with Crippen molar-refractivity contribution in [3.8, 4) is 5.75 Å². The Hall–Kier alpha value is -1.96. The van der Waals surface area contributed by atoms with Gasteiger partial charge < -0.3 is 10.1 Å². The first-order valence-corrected chi connectivity index (χ1v) is 8.69. The van der Waals surface area contributed by atoms with Gasteiger partial charge in [0.05, 0.1) is 7.11 Å². The van der Waals surface area contributed by atoms with Crippen LogP contribution in [0.2, 0.25) is 0 Å². The van der Waals surface area contributed by atoms with Gasteiger partial charge in [-0.1, -0.05) is 30.3 Å². The van der Waals surface area contributed by atoms with Crippen molar-refractivity contribution in [1.82, 2.24) is 0 Å². The van der Waals surface area contributed by atoms with E-state index in [0.717, 1.165) is 18.2 Å². The number of hydrogen-bond acceptors (Lipinski definition) is 2. The minimum atomic E-state index is 0.715. The average molecular weight is 309 g/mol. The molecule has 0 radical (unpaired) electrons. The summed E-state index contributed by atoms with van der Waals surface area (Å²) in [6.45, 7) is 3.23. The number of para-hydroxylation sites is 1. The lowest BCUT2D eigenvalue weighted by molar-refractivity contribution is 0.338. The van der Waals surface area contributed by atoms with Gasteiger partial charge >= 0.3 is 0 Å². The molecule has 2 heteroatoms. The van der Waals surface area contributed by atoms with E-state index < -0.39 is 0 Å². The van der Waals surface area contributed by atoms with Crippen molar-refractivity contribution < 1.29 is 4.74 Å². The molecule has 0 aromatic heterocycles. The number of rotatable bonds is 5. The fraction of sp³-hybridized carbons (Fsp3) is 0.429. The van der Waals surface area contributed by atoms with E-state index in [1.807, 2.05) is 0 Å². The summed E-state index contributed by atoms with van der Waals surface area (Å²) in [6.07, 6.45) is 5.23. The first-order valence-electron chi connectivity index (χ1n) is 8.69. The molecule has 1 fully saturated rings. The lowest BCUT2D eigenvalue weighted by Gasteiger charge is -2.29. The van der Waals surface area contributed by atoms with Gasteiger partial charge in [-0.15, -0.1) is 0 Å². The average Bonchev–Trinajstić information content (AvgIpc) is 2.61. The van der Waals surface area contributed by atoms with E-state index in [1.165, 1.54) is 42.5 Å². The Balaban J connectivity index is 1.51. The maximum atomic E-state index is 5.37. The Kier molecular flexibility index (Phi) is 5.22. The first-order chi connectivity index (χ1) is 11.3. The highest BCUT2D eigenvalue weighted by atomic mass is 16.5. The van der Waals surface area contributed by atoms with Crippen molar-refractivity contribution in [3.05, 3.63) is 59.7 Å². The minimum Gasteiger partial charge on any atom is -0.496 e. The molecule has 1 saturated carbocycles. The summed E-state index contributed by atoms with van der Waals surface area (Å²) < 4.78 is 5.37. The van der Waals surface area contributed by atoms with Crippen LogP contribution in [0.5, 0.6) is 5.75 Å². The number of anilines is 1. The second-order valence-electron chi connectivity index (χ2n) is 6.69. The van der Waals surface area contributed by atoms with Gasteiger partial charge in [0, 0.05) is 12.2 Å². The van der Waals surface area contributed by atoms with Crippen LogP contribution >= 0.6 is 0 Å². The van der Waals surface area contributed by atoms with Crippen LogP contribution in [-0.2, 0) is 0 Å². The van der Waals surface area contributed by atoms with Crippen LogP contribution in [-0.4, -0.2) is 13.7 Å². The Morgan fingerprint density at radius 2 is 1.74 bits per heavy atom. The predicted molar refractivity (Wildman–Crippen MR) is 97.4 cm³/mol. The zero-order chi connectivity index (χ0) is 16.1. The van der Waals surface area contributed by atoms with Gasteiger partial charge in [0.25, 0.3) is 0 Å². The van der Waals surface area contributed by atoms with Crippen molar-refractivity contribution in [3.63, 3.8) is 0 Å². The number of aryl methyl sites for hydroxylation is 1. The fourth-order valence-electron chi connectivity index (χ4n) is 3.67. The molecule has 0 bridgehead atoms. The molecule has 1 aliphatic carbocycles. The smallest absolute Gasteiger partial charge is 0.121 e. The van der Waals surface area contributed by atoms with Crippen LogP contribution in [0.4, 0.5) is 5.69 Å². The van der Waals surface area contributed by atoms with Gasteiger partial charge in [0.1, 0.15) is 5.75 Å². The van der Waals surface area contributed by atoms with Crippen molar-refractivity contribution >= 4 is 5.69 Å². The lowest BCUT2D eigenvalue weighted by atomic mass is 9.78. The van der Waals surface area contributed by atoms with Crippen molar-refractivity contribution in [2.75, 3.05) is 19.0 Å². The molecule has 1 aliphatic rings. The molecule has 0 atom stereocenters. The molecule has 2 aromatic rings. The minimum absolute atomic E-state index is 0.715. The molecule has 0 unspecified atom stereocenters. The van der Waals surface area contributed by atoms with Gasteiger partial charge in [-0.3, -0.25) is 0 Å². The quantitative estimate of drug-likeness (QED) is 0.799. The monoisotopic (exact) mass is 309 g/mol. The lowest BCUT2D eigenvalue weighted by Crippen LogP contribution is -2.20. The van der Waals surface area contributed by atoms with Crippen LogP contribution < -0.4 is 10.1 Å². The predicted octanol–water partition coefficient (Wildman–Crippen LogP) is 5.39. The Morgan fingerprint density at radius 3 is 2.39 bits per heavy atom. The first kappa shape index (κ1) is 15.9. The van der Waals surface area contributed by atoms with Gasteiger partial charge in [-0.25, -0.2) is 0 Å².